The van der Waals surface area contributed by atoms with Gasteiger partial charge in [-0.3, -0.25) is 9.69 Å². The van der Waals surface area contributed by atoms with Gasteiger partial charge in [0.05, 0.1) is 6.54 Å². The number of carbonyl (C=O) groups excluding carboxylic acids is 1. The van der Waals surface area contributed by atoms with E-state index < -0.39 is 0 Å². The maximum absolute atomic E-state index is 12.7. The summed E-state index contributed by atoms with van der Waals surface area (Å²) >= 11 is 3.44. The minimum Gasteiger partial charge on any atom is -0.308 e. The maximum atomic E-state index is 12.7. The second-order valence-electron chi connectivity index (χ2n) is 6.24. The van der Waals surface area contributed by atoms with Crippen LogP contribution < -0.4 is 4.90 Å². The molecule has 2 aromatic rings. The van der Waals surface area contributed by atoms with E-state index in [2.05, 4.69) is 46.0 Å². The van der Waals surface area contributed by atoms with E-state index in [0.29, 0.717) is 6.54 Å². The fraction of sp³-hybridized carbons (Fsp3) is 0.316. The number of rotatable bonds is 4. The molecule has 0 fully saturated rings. The van der Waals surface area contributed by atoms with Gasteiger partial charge in [0.1, 0.15) is 0 Å². The van der Waals surface area contributed by atoms with Crippen LogP contribution in [0.25, 0.3) is 0 Å². The number of nitrogens with zero attached hydrogens (tertiary/aromatic N) is 2. The van der Waals surface area contributed by atoms with Gasteiger partial charge in [0.25, 0.3) is 0 Å². The van der Waals surface area contributed by atoms with E-state index >= 15 is 0 Å². The van der Waals surface area contributed by atoms with Crippen LogP contribution in [-0.2, 0) is 17.8 Å². The Morgan fingerprint density at radius 1 is 1.22 bits per heavy atom. The summed E-state index contributed by atoms with van der Waals surface area (Å²) in [6, 6.07) is 16.7. The third-order valence-electron chi connectivity index (χ3n) is 4.25. The Morgan fingerprint density at radius 3 is 2.65 bits per heavy atom. The van der Waals surface area contributed by atoms with Gasteiger partial charge in [-0.2, -0.15) is 0 Å². The van der Waals surface area contributed by atoms with Crippen molar-refractivity contribution < 1.29 is 4.79 Å². The molecule has 23 heavy (non-hydrogen) atoms. The van der Waals surface area contributed by atoms with Gasteiger partial charge in [-0.15, -0.1) is 0 Å². The molecular formula is C19H21BrN2O. The molecule has 1 aliphatic rings. The number of likely N-dealkylation sites (N-methyl/N-ethyl adjacent to an activating group) is 1. The second kappa shape index (κ2) is 6.85. The monoisotopic (exact) mass is 372 g/mol. The summed E-state index contributed by atoms with van der Waals surface area (Å²) in [5.41, 5.74) is 3.55. The summed E-state index contributed by atoms with van der Waals surface area (Å²) in [6.07, 6.45) is 0.943. The number of carbonyl (C=O) groups is 1. The molecule has 0 bridgehead atoms. The number of para-hydroxylation sites is 1. The lowest BCUT2D eigenvalue weighted by atomic mass is 10.1. The lowest BCUT2D eigenvalue weighted by Crippen LogP contribution is -2.41. The standard InChI is InChI=1S/C19H21BrN2O/c1-14-11-16-5-3-4-6-18(16)22(14)19(23)13-21(2)12-15-7-9-17(20)10-8-15/h3-10,14H,11-13H2,1-2H3/t14-/m0/s1. The van der Waals surface area contributed by atoms with Crippen LogP contribution in [0.15, 0.2) is 53.0 Å². The van der Waals surface area contributed by atoms with Crippen LogP contribution in [0, 0.1) is 0 Å². The molecule has 120 valence electrons. The molecule has 0 aromatic heterocycles. The highest BCUT2D eigenvalue weighted by molar-refractivity contribution is 9.10. The quantitative estimate of drug-likeness (QED) is 0.813. The van der Waals surface area contributed by atoms with E-state index in [1.165, 1.54) is 11.1 Å². The lowest BCUT2D eigenvalue weighted by Gasteiger charge is -2.25. The van der Waals surface area contributed by atoms with E-state index in [0.717, 1.165) is 23.1 Å². The number of amides is 1. The molecule has 0 saturated carbocycles. The zero-order valence-corrected chi connectivity index (χ0v) is 15.1. The van der Waals surface area contributed by atoms with Gasteiger partial charge < -0.3 is 4.90 Å². The normalized spacial score (nSPS) is 16.7. The fourth-order valence-corrected chi connectivity index (χ4v) is 3.47. The van der Waals surface area contributed by atoms with E-state index in [4.69, 9.17) is 0 Å². The molecule has 3 nitrogen and oxygen atoms in total. The number of hydrogen-bond acceptors (Lipinski definition) is 2. The van der Waals surface area contributed by atoms with Gasteiger partial charge in [-0.05, 0) is 49.7 Å². The van der Waals surface area contributed by atoms with Crippen molar-refractivity contribution in [2.45, 2.75) is 25.9 Å². The first-order valence-corrected chi connectivity index (χ1v) is 8.67. The van der Waals surface area contributed by atoms with Crippen molar-refractivity contribution in [3.8, 4) is 0 Å². The molecule has 0 N–H and O–H groups in total. The maximum Gasteiger partial charge on any atom is 0.241 e. The highest BCUT2D eigenvalue weighted by Crippen LogP contribution is 2.31. The predicted octanol–water partition coefficient (Wildman–Crippen LogP) is 3.86. The highest BCUT2D eigenvalue weighted by atomic mass is 79.9. The Balaban J connectivity index is 1.66. The molecule has 1 amide bonds. The molecule has 1 atom stereocenters. The number of anilines is 1. The zero-order chi connectivity index (χ0) is 16.4. The van der Waals surface area contributed by atoms with Gasteiger partial charge in [0.15, 0.2) is 0 Å². The largest absolute Gasteiger partial charge is 0.308 e. The van der Waals surface area contributed by atoms with Crippen LogP contribution in [0.4, 0.5) is 5.69 Å². The molecule has 0 saturated heterocycles. The van der Waals surface area contributed by atoms with Crippen molar-refractivity contribution in [3.05, 3.63) is 64.1 Å². The summed E-state index contributed by atoms with van der Waals surface area (Å²) in [4.78, 5) is 16.8. The van der Waals surface area contributed by atoms with Crippen LogP contribution >= 0.6 is 15.9 Å². The summed E-state index contributed by atoms with van der Waals surface area (Å²) < 4.78 is 1.07. The van der Waals surface area contributed by atoms with Crippen molar-refractivity contribution in [1.29, 1.82) is 0 Å². The molecule has 1 aliphatic heterocycles. The molecule has 4 heteroatoms. The van der Waals surface area contributed by atoms with Crippen LogP contribution in [0.1, 0.15) is 18.1 Å². The molecular weight excluding hydrogens is 352 g/mol. The first kappa shape index (κ1) is 16.2. The Hall–Kier alpha value is -1.65. The summed E-state index contributed by atoms with van der Waals surface area (Å²) in [7, 11) is 1.99. The molecule has 0 radical (unpaired) electrons. The summed E-state index contributed by atoms with van der Waals surface area (Å²) in [6.45, 7) is 3.31. The Bertz CT molecular complexity index is 699. The van der Waals surface area contributed by atoms with Crippen molar-refractivity contribution in [2.24, 2.45) is 0 Å². The smallest absolute Gasteiger partial charge is 0.241 e. The summed E-state index contributed by atoms with van der Waals surface area (Å²) in [5, 5.41) is 0. The highest BCUT2D eigenvalue weighted by Gasteiger charge is 2.30. The minimum atomic E-state index is 0.169. The Kier molecular flexibility index (Phi) is 4.83. The molecule has 0 spiro atoms. The van der Waals surface area contributed by atoms with Gasteiger partial charge in [0, 0.05) is 22.7 Å². The lowest BCUT2D eigenvalue weighted by molar-refractivity contribution is -0.119. The first-order valence-electron chi connectivity index (χ1n) is 7.87. The van der Waals surface area contributed by atoms with Crippen LogP contribution in [-0.4, -0.2) is 30.4 Å². The van der Waals surface area contributed by atoms with E-state index in [1.807, 2.05) is 42.3 Å². The topological polar surface area (TPSA) is 23.6 Å². The molecule has 1 heterocycles. The molecule has 2 aromatic carbocycles. The Morgan fingerprint density at radius 2 is 1.91 bits per heavy atom. The number of benzene rings is 2. The zero-order valence-electron chi connectivity index (χ0n) is 13.5. The van der Waals surface area contributed by atoms with Crippen LogP contribution in [0.5, 0.6) is 0 Å². The van der Waals surface area contributed by atoms with Crippen molar-refractivity contribution >= 4 is 27.5 Å². The van der Waals surface area contributed by atoms with Gasteiger partial charge >= 0.3 is 0 Å². The SMILES string of the molecule is C[C@H]1Cc2ccccc2N1C(=O)CN(C)Cc1ccc(Br)cc1. The van der Waals surface area contributed by atoms with Gasteiger partial charge in [-0.1, -0.05) is 46.3 Å². The predicted molar refractivity (Wildman–Crippen MR) is 97.6 cm³/mol. The third-order valence-corrected chi connectivity index (χ3v) is 4.78. The molecule has 3 rings (SSSR count). The third kappa shape index (κ3) is 3.65. The fourth-order valence-electron chi connectivity index (χ4n) is 3.21. The number of hydrogen-bond donors (Lipinski definition) is 0. The van der Waals surface area contributed by atoms with Crippen LogP contribution in [0.3, 0.4) is 0 Å². The van der Waals surface area contributed by atoms with Gasteiger partial charge in [0.2, 0.25) is 5.91 Å². The first-order chi connectivity index (χ1) is 11.0. The number of halogens is 1. The summed E-state index contributed by atoms with van der Waals surface area (Å²) in [5.74, 6) is 0.169. The minimum absolute atomic E-state index is 0.169. The molecule has 0 aliphatic carbocycles. The average Bonchev–Trinajstić information content (AvgIpc) is 2.85. The van der Waals surface area contributed by atoms with Crippen LogP contribution in [0.2, 0.25) is 0 Å². The van der Waals surface area contributed by atoms with Crippen molar-refractivity contribution in [1.82, 2.24) is 4.90 Å². The van der Waals surface area contributed by atoms with E-state index in [-0.39, 0.29) is 11.9 Å². The van der Waals surface area contributed by atoms with Crippen molar-refractivity contribution in [2.75, 3.05) is 18.5 Å². The van der Waals surface area contributed by atoms with Crippen molar-refractivity contribution in [3.63, 3.8) is 0 Å². The average molecular weight is 373 g/mol. The van der Waals surface area contributed by atoms with Gasteiger partial charge in [-0.25, -0.2) is 0 Å². The molecule has 0 unspecified atom stereocenters. The van der Waals surface area contributed by atoms with E-state index in [9.17, 15) is 4.79 Å². The van der Waals surface area contributed by atoms with E-state index in [1.54, 1.807) is 0 Å². The Labute approximate surface area is 146 Å². The second-order valence-corrected chi connectivity index (χ2v) is 7.16. The number of fused-ring (bicyclic) bond motifs is 1.